The molecule has 0 saturated heterocycles. The van der Waals surface area contributed by atoms with E-state index in [0.29, 0.717) is 13.0 Å². The van der Waals surface area contributed by atoms with Crippen molar-refractivity contribution < 1.29 is 9.53 Å². The Balaban J connectivity index is 1.67. The second kappa shape index (κ2) is 5.22. The Morgan fingerprint density at radius 1 is 1.11 bits per heavy atom. The molecule has 2 aromatic rings. The molecule has 3 heteroatoms. The fraction of sp³-hybridized carbons (Fsp3) is 0.250. The number of ether oxygens (including phenoxy) is 1. The molecule has 3 nitrogen and oxygen atoms in total. The average Bonchev–Trinajstić information content (AvgIpc) is 2.83. The molecule has 96 valence electrons. The van der Waals surface area contributed by atoms with Crippen molar-refractivity contribution in [3.8, 4) is 5.75 Å². The third-order valence-electron chi connectivity index (χ3n) is 3.38. The third-order valence-corrected chi connectivity index (χ3v) is 3.38. The lowest BCUT2D eigenvalue weighted by atomic mass is 10.1. The quantitative estimate of drug-likeness (QED) is 0.841. The van der Waals surface area contributed by atoms with Gasteiger partial charge in [0.15, 0.2) is 5.78 Å². The summed E-state index contributed by atoms with van der Waals surface area (Å²) in [5, 5.41) is 0. The normalized spacial score (nSPS) is 13.4. The van der Waals surface area contributed by atoms with Crippen LogP contribution in [0.5, 0.6) is 5.75 Å². The molecule has 0 unspecified atom stereocenters. The molecule has 0 atom stereocenters. The van der Waals surface area contributed by atoms with Crippen molar-refractivity contribution in [3.05, 3.63) is 59.4 Å². The van der Waals surface area contributed by atoms with Gasteiger partial charge in [-0.2, -0.15) is 0 Å². The largest absolute Gasteiger partial charge is 0.493 e. The van der Waals surface area contributed by atoms with Gasteiger partial charge in [0.25, 0.3) is 0 Å². The summed E-state index contributed by atoms with van der Waals surface area (Å²) in [6.07, 6.45) is 3.97. The molecule has 0 bridgehead atoms. The number of ketones is 1. The lowest BCUT2D eigenvalue weighted by Gasteiger charge is -2.09. The molecule has 1 heterocycles. The third kappa shape index (κ3) is 2.50. The first-order chi connectivity index (χ1) is 9.34. The number of carbonyl (C=O) groups is 1. The minimum absolute atomic E-state index is 0.227. The Morgan fingerprint density at radius 3 is 2.89 bits per heavy atom. The minimum atomic E-state index is 0.227. The highest BCUT2D eigenvalue weighted by Gasteiger charge is 2.22. The molecule has 0 amide bonds. The van der Waals surface area contributed by atoms with E-state index in [1.807, 2.05) is 36.4 Å². The molecule has 0 fully saturated rings. The molecule has 0 N–H and O–H groups in total. The number of fused-ring (bicyclic) bond motifs is 1. The van der Waals surface area contributed by atoms with Crippen molar-refractivity contribution in [2.45, 2.75) is 19.3 Å². The van der Waals surface area contributed by atoms with Crippen molar-refractivity contribution in [1.29, 1.82) is 0 Å². The van der Waals surface area contributed by atoms with E-state index in [2.05, 4.69) is 4.98 Å². The highest BCUT2D eigenvalue weighted by atomic mass is 16.5. The number of rotatable bonds is 4. The van der Waals surface area contributed by atoms with E-state index in [1.165, 1.54) is 0 Å². The smallest absolute Gasteiger partial charge is 0.163 e. The number of hydrogen-bond donors (Lipinski definition) is 0. The summed E-state index contributed by atoms with van der Waals surface area (Å²) in [7, 11) is 0. The van der Waals surface area contributed by atoms with E-state index in [9.17, 15) is 4.79 Å². The molecular weight excluding hydrogens is 238 g/mol. The summed E-state index contributed by atoms with van der Waals surface area (Å²) >= 11 is 0. The molecule has 0 aliphatic heterocycles. The fourth-order valence-electron chi connectivity index (χ4n) is 2.40. The fourth-order valence-corrected chi connectivity index (χ4v) is 2.40. The van der Waals surface area contributed by atoms with E-state index in [0.717, 1.165) is 35.4 Å². The Morgan fingerprint density at radius 2 is 2.05 bits per heavy atom. The van der Waals surface area contributed by atoms with E-state index in [1.54, 1.807) is 6.20 Å². The van der Waals surface area contributed by atoms with Crippen molar-refractivity contribution in [1.82, 2.24) is 4.98 Å². The van der Waals surface area contributed by atoms with Crippen molar-refractivity contribution in [3.63, 3.8) is 0 Å². The molecular formula is C16H15NO2. The monoisotopic (exact) mass is 253 g/mol. The number of Topliss-reactive ketones (excluding diaryl/α,β-unsaturated/α-hetero) is 1. The molecule has 1 aromatic heterocycles. The van der Waals surface area contributed by atoms with Gasteiger partial charge in [-0.15, -0.1) is 0 Å². The Labute approximate surface area is 112 Å². The van der Waals surface area contributed by atoms with Crippen LogP contribution in [0.1, 0.15) is 28.0 Å². The van der Waals surface area contributed by atoms with Crippen LogP contribution >= 0.6 is 0 Å². The molecule has 0 spiro atoms. The van der Waals surface area contributed by atoms with Crippen molar-refractivity contribution in [2.24, 2.45) is 0 Å². The topological polar surface area (TPSA) is 39.2 Å². The van der Waals surface area contributed by atoms with Gasteiger partial charge in [0.05, 0.1) is 6.61 Å². The number of nitrogens with zero attached hydrogens (tertiary/aromatic N) is 1. The Kier molecular flexibility index (Phi) is 3.27. The molecule has 1 aliphatic rings. The second-order valence-corrected chi connectivity index (χ2v) is 4.62. The summed E-state index contributed by atoms with van der Waals surface area (Å²) in [6.45, 7) is 0.585. The van der Waals surface area contributed by atoms with Gasteiger partial charge in [-0.25, -0.2) is 0 Å². The molecule has 0 saturated carbocycles. The average molecular weight is 253 g/mol. The zero-order valence-electron chi connectivity index (χ0n) is 10.6. The lowest BCUT2D eigenvalue weighted by molar-refractivity contribution is 0.0994. The highest BCUT2D eigenvalue weighted by Crippen LogP contribution is 2.30. The summed E-state index contributed by atoms with van der Waals surface area (Å²) in [5.41, 5.74) is 2.91. The van der Waals surface area contributed by atoms with Crippen LogP contribution in [0.15, 0.2) is 42.6 Å². The van der Waals surface area contributed by atoms with Crippen molar-refractivity contribution >= 4 is 5.78 Å². The van der Waals surface area contributed by atoms with Crippen LogP contribution in [0.25, 0.3) is 0 Å². The van der Waals surface area contributed by atoms with Crippen LogP contribution < -0.4 is 4.74 Å². The van der Waals surface area contributed by atoms with Crippen LogP contribution in [0.3, 0.4) is 0 Å². The van der Waals surface area contributed by atoms with Crippen molar-refractivity contribution in [2.75, 3.05) is 6.61 Å². The van der Waals surface area contributed by atoms with Crippen LogP contribution in [0.4, 0.5) is 0 Å². The van der Waals surface area contributed by atoms with Gasteiger partial charge in [-0.05, 0) is 24.6 Å². The number of hydrogen-bond acceptors (Lipinski definition) is 3. The summed E-state index contributed by atoms with van der Waals surface area (Å²) in [4.78, 5) is 15.9. The van der Waals surface area contributed by atoms with Gasteiger partial charge < -0.3 is 4.74 Å². The number of carbonyl (C=O) groups excluding carboxylic acids is 1. The van der Waals surface area contributed by atoms with E-state index in [-0.39, 0.29) is 5.78 Å². The van der Waals surface area contributed by atoms with Gasteiger partial charge in [0.1, 0.15) is 5.75 Å². The van der Waals surface area contributed by atoms with Crippen LogP contribution in [0.2, 0.25) is 0 Å². The summed E-state index contributed by atoms with van der Waals surface area (Å²) < 4.78 is 5.81. The first-order valence-electron chi connectivity index (χ1n) is 6.52. The lowest BCUT2D eigenvalue weighted by Crippen LogP contribution is -2.04. The van der Waals surface area contributed by atoms with E-state index in [4.69, 9.17) is 4.74 Å². The second-order valence-electron chi connectivity index (χ2n) is 4.62. The highest BCUT2D eigenvalue weighted by molar-refractivity contribution is 6.01. The molecule has 3 rings (SSSR count). The number of pyridine rings is 1. The van der Waals surface area contributed by atoms with E-state index < -0.39 is 0 Å². The van der Waals surface area contributed by atoms with Gasteiger partial charge in [-0.3, -0.25) is 9.78 Å². The van der Waals surface area contributed by atoms with E-state index >= 15 is 0 Å². The summed E-state index contributed by atoms with van der Waals surface area (Å²) in [5.74, 6) is 1.07. The molecule has 19 heavy (non-hydrogen) atoms. The first kappa shape index (κ1) is 11.9. The molecule has 1 aromatic carbocycles. The number of benzene rings is 1. The van der Waals surface area contributed by atoms with Gasteiger partial charge in [0.2, 0.25) is 0 Å². The van der Waals surface area contributed by atoms with Crippen LogP contribution in [0, 0.1) is 0 Å². The SMILES string of the molecule is O=C1CCc2c(OCCc3ccccn3)cccc21. The predicted octanol–water partition coefficient (Wildman–Crippen LogP) is 2.83. The van der Waals surface area contributed by atoms with Gasteiger partial charge >= 0.3 is 0 Å². The Bertz CT molecular complexity index is 593. The van der Waals surface area contributed by atoms with Crippen LogP contribution in [-0.2, 0) is 12.8 Å². The molecule has 0 radical (unpaired) electrons. The first-order valence-corrected chi connectivity index (χ1v) is 6.52. The predicted molar refractivity (Wildman–Crippen MR) is 72.5 cm³/mol. The maximum absolute atomic E-state index is 11.6. The molecule has 1 aliphatic carbocycles. The zero-order valence-corrected chi connectivity index (χ0v) is 10.6. The van der Waals surface area contributed by atoms with Gasteiger partial charge in [-0.1, -0.05) is 18.2 Å². The Hall–Kier alpha value is -2.16. The van der Waals surface area contributed by atoms with Gasteiger partial charge in [0, 0.05) is 35.9 Å². The zero-order chi connectivity index (χ0) is 13.1. The van der Waals surface area contributed by atoms with Crippen LogP contribution in [-0.4, -0.2) is 17.4 Å². The maximum Gasteiger partial charge on any atom is 0.163 e. The maximum atomic E-state index is 11.6. The standard InChI is InChI=1S/C16H15NO2/c18-15-8-7-14-13(15)5-3-6-16(14)19-11-9-12-4-1-2-10-17-12/h1-6,10H,7-9,11H2. The summed E-state index contributed by atoms with van der Waals surface area (Å²) in [6, 6.07) is 11.6. The number of aromatic nitrogens is 1. The minimum Gasteiger partial charge on any atom is -0.493 e.